The van der Waals surface area contributed by atoms with E-state index < -0.39 is 0 Å². The van der Waals surface area contributed by atoms with Crippen molar-refractivity contribution in [1.82, 2.24) is 9.97 Å². The summed E-state index contributed by atoms with van der Waals surface area (Å²) in [6.45, 7) is 0. The zero-order valence-corrected chi connectivity index (χ0v) is 10.7. The van der Waals surface area contributed by atoms with Crippen LogP contribution in [0.1, 0.15) is 10.4 Å². The molecular formula is C11H8N4OS2. The number of carbonyl (C=O) groups excluding carboxylic acids is 1. The highest BCUT2D eigenvalue weighted by Crippen LogP contribution is 2.25. The quantitative estimate of drug-likeness (QED) is 0.753. The van der Waals surface area contributed by atoms with E-state index in [1.807, 2.05) is 5.38 Å². The first kappa shape index (κ1) is 11.1. The van der Waals surface area contributed by atoms with Crippen LogP contribution in [0.3, 0.4) is 0 Å². The molecule has 90 valence electrons. The molecule has 0 aliphatic heterocycles. The summed E-state index contributed by atoms with van der Waals surface area (Å²) in [6.07, 6.45) is 1.65. The van der Waals surface area contributed by atoms with Crippen molar-refractivity contribution in [3.8, 4) is 0 Å². The van der Waals surface area contributed by atoms with Crippen LogP contribution < -0.4 is 11.1 Å². The lowest BCUT2D eigenvalue weighted by Gasteiger charge is -2.01. The second kappa shape index (κ2) is 4.35. The third-order valence-corrected chi connectivity index (χ3v) is 3.86. The molecule has 3 aromatic rings. The van der Waals surface area contributed by atoms with Crippen molar-refractivity contribution in [3.05, 3.63) is 35.3 Å². The van der Waals surface area contributed by atoms with Gasteiger partial charge in [-0.3, -0.25) is 10.1 Å². The summed E-state index contributed by atoms with van der Waals surface area (Å²) in [4.78, 5) is 20.1. The molecule has 0 atom stereocenters. The number of hydrogen-bond acceptors (Lipinski definition) is 6. The number of benzene rings is 1. The van der Waals surface area contributed by atoms with Gasteiger partial charge in [-0.15, -0.1) is 11.3 Å². The van der Waals surface area contributed by atoms with Gasteiger partial charge in [0.2, 0.25) is 0 Å². The maximum Gasteiger partial charge on any atom is 0.257 e. The van der Waals surface area contributed by atoms with Gasteiger partial charge in [0.15, 0.2) is 10.3 Å². The number of nitrogen functional groups attached to an aromatic ring is 1. The van der Waals surface area contributed by atoms with Crippen LogP contribution in [0.25, 0.3) is 10.2 Å². The van der Waals surface area contributed by atoms with Crippen LogP contribution in [0, 0.1) is 0 Å². The zero-order valence-electron chi connectivity index (χ0n) is 9.08. The van der Waals surface area contributed by atoms with Gasteiger partial charge in [0.25, 0.3) is 5.91 Å². The molecule has 18 heavy (non-hydrogen) atoms. The van der Waals surface area contributed by atoms with Gasteiger partial charge in [-0.05, 0) is 18.2 Å². The summed E-state index contributed by atoms with van der Waals surface area (Å²) in [5.74, 6) is -0.182. The highest BCUT2D eigenvalue weighted by atomic mass is 32.1. The standard InChI is InChI=1S/C11H8N4OS2/c12-10-14-7-2-1-6(5-8(7)18-10)9(16)15-11-13-3-4-17-11/h1-5H,(H2,12,14)(H,13,15,16). The van der Waals surface area contributed by atoms with E-state index in [1.54, 1.807) is 24.4 Å². The highest BCUT2D eigenvalue weighted by Gasteiger charge is 2.09. The van der Waals surface area contributed by atoms with Crippen LogP contribution in [-0.2, 0) is 0 Å². The van der Waals surface area contributed by atoms with Crippen molar-refractivity contribution in [3.63, 3.8) is 0 Å². The third kappa shape index (κ3) is 2.05. The van der Waals surface area contributed by atoms with Gasteiger partial charge in [0.05, 0.1) is 10.2 Å². The van der Waals surface area contributed by atoms with Gasteiger partial charge in [-0.25, -0.2) is 9.97 Å². The molecule has 5 nitrogen and oxygen atoms in total. The van der Waals surface area contributed by atoms with Gasteiger partial charge in [0, 0.05) is 17.1 Å². The molecule has 0 fully saturated rings. The average Bonchev–Trinajstić information content (AvgIpc) is 2.95. The van der Waals surface area contributed by atoms with Gasteiger partial charge >= 0.3 is 0 Å². The van der Waals surface area contributed by atoms with Gasteiger partial charge in [0.1, 0.15) is 0 Å². The van der Waals surface area contributed by atoms with Crippen LogP contribution >= 0.6 is 22.7 Å². The number of nitrogens with zero attached hydrogens (tertiary/aromatic N) is 2. The van der Waals surface area contributed by atoms with Crippen molar-refractivity contribution in [1.29, 1.82) is 0 Å². The summed E-state index contributed by atoms with van der Waals surface area (Å²) in [5.41, 5.74) is 7.00. The number of amides is 1. The van der Waals surface area contributed by atoms with Crippen molar-refractivity contribution in [2.24, 2.45) is 0 Å². The van der Waals surface area contributed by atoms with Gasteiger partial charge < -0.3 is 5.73 Å². The molecule has 1 aromatic carbocycles. The maximum absolute atomic E-state index is 12.0. The normalized spacial score (nSPS) is 10.7. The Bertz CT molecular complexity index is 705. The fourth-order valence-corrected chi connectivity index (χ4v) is 2.84. The third-order valence-electron chi connectivity index (χ3n) is 2.32. The van der Waals surface area contributed by atoms with E-state index >= 15 is 0 Å². The maximum atomic E-state index is 12.0. The SMILES string of the molecule is Nc1nc2ccc(C(=O)Nc3nccs3)cc2s1. The summed E-state index contributed by atoms with van der Waals surface area (Å²) in [5, 5.41) is 5.63. The Morgan fingerprint density at radius 1 is 1.39 bits per heavy atom. The number of rotatable bonds is 2. The molecule has 0 aliphatic carbocycles. The van der Waals surface area contributed by atoms with Crippen LogP contribution in [-0.4, -0.2) is 15.9 Å². The Balaban J connectivity index is 1.91. The van der Waals surface area contributed by atoms with E-state index in [0.29, 0.717) is 15.8 Å². The lowest BCUT2D eigenvalue weighted by Crippen LogP contribution is -2.11. The van der Waals surface area contributed by atoms with Crippen LogP contribution in [0.2, 0.25) is 0 Å². The average molecular weight is 276 g/mol. The largest absolute Gasteiger partial charge is 0.375 e. The summed E-state index contributed by atoms with van der Waals surface area (Å²) < 4.78 is 0.902. The molecule has 0 bridgehead atoms. The molecular weight excluding hydrogens is 268 g/mol. The Morgan fingerprint density at radius 3 is 3.06 bits per heavy atom. The number of carbonyl (C=O) groups is 1. The minimum Gasteiger partial charge on any atom is -0.375 e. The number of nitrogens with two attached hydrogens (primary N) is 1. The topological polar surface area (TPSA) is 80.9 Å². The fourth-order valence-electron chi connectivity index (χ4n) is 1.54. The number of fused-ring (bicyclic) bond motifs is 1. The zero-order chi connectivity index (χ0) is 12.5. The predicted octanol–water partition coefficient (Wildman–Crippen LogP) is 2.59. The van der Waals surface area contributed by atoms with Crippen molar-refractivity contribution >= 4 is 49.1 Å². The van der Waals surface area contributed by atoms with E-state index in [2.05, 4.69) is 15.3 Å². The fraction of sp³-hybridized carbons (Fsp3) is 0. The number of hydrogen-bond donors (Lipinski definition) is 2. The van der Waals surface area contributed by atoms with Crippen molar-refractivity contribution in [2.45, 2.75) is 0 Å². The number of anilines is 2. The minimum absolute atomic E-state index is 0.182. The van der Waals surface area contributed by atoms with E-state index in [9.17, 15) is 4.79 Å². The first-order valence-electron chi connectivity index (χ1n) is 5.09. The molecule has 0 saturated carbocycles. The number of aromatic nitrogens is 2. The second-order valence-corrected chi connectivity index (χ2v) is 5.48. The molecule has 2 heterocycles. The van der Waals surface area contributed by atoms with Crippen LogP contribution in [0.4, 0.5) is 10.3 Å². The smallest absolute Gasteiger partial charge is 0.257 e. The Hall–Kier alpha value is -1.99. The predicted molar refractivity (Wildman–Crippen MR) is 74.1 cm³/mol. The molecule has 7 heteroatoms. The molecule has 1 amide bonds. The lowest BCUT2D eigenvalue weighted by molar-refractivity contribution is 0.102. The minimum atomic E-state index is -0.182. The molecule has 0 aliphatic rings. The summed E-state index contributed by atoms with van der Waals surface area (Å²) in [7, 11) is 0. The van der Waals surface area contributed by atoms with Crippen LogP contribution in [0.5, 0.6) is 0 Å². The summed E-state index contributed by atoms with van der Waals surface area (Å²) in [6, 6.07) is 5.30. The van der Waals surface area contributed by atoms with Crippen molar-refractivity contribution < 1.29 is 4.79 Å². The van der Waals surface area contributed by atoms with Gasteiger partial charge in [-0.1, -0.05) is 11.3 Å². The second-order valence-electron chi connectivity index (χ2n) is 3.53. The molecule has 3 rings (SSSR count). The Morgan fingerprint density at radius 2 is 2.28 bits per heavy atom. The molecule has 3 N–H and O–H groups in total. The Kier molecular flexibility index (Phi) is 2.69. The monoisotopic (exact) mass is 276 g/mol. The van der Waals surface area contributed by atoms with Crippen LogP contribution in [0.15, 0.2) is 29.8 Å². The van der Waals surface area contributed by atoms with Crippen molar-refractivity contribution in [2.75, 3.05) is 11.1 Å². The van der Waals surface area contributed by atoms with Gasteiger partial charge in [-0.2, -0.15) is 0 Å². The van der Waals surface area contributed by atoms with E-state index in [4.69, 9.17) is 5.73 Å². The first-order valence-corrected chi connectivity index (χ1v) is 6.79. The number of nitrogens with one attached hydrogen (secondary N) is 1. The summed E-state index contributed by atoms with van der Waals surface area (Å²) >= 11 is 2.75. The number of thiazole rings is 2. The molecule has 0 spiro atoms. The van der Waals surface area contributed by atoms with E-state index in [0.717, 1.165) is 10.2 Å². The molecule has 0 radical (unpaired) electrons. The lowest BCUT2D eigenvalue weighted by atomic mass is 10.2. The van der Waals surface area contributed by atoms with E-state index in [-0.39, 0.29) is 5.91 Å². The highest BCUT2D eigenvalue weighted by molar-refractivity contribution is 7.22. The molecule has 0 saturated heterocycles. The Labute approximate surface area is 110 Å². The first-order chi connectivity index (χ1) is 8.72. The molecule has 0 unspecified atom stereocenters. The molecule has 2 aromatic heterocycles. The van der Waals surface area contributed by atoms with E-state index in [1.165, 1.54) is 22.7 Å².